The summed E-state index contributed by atoms with van der Waals surface area (Å²) >= 11 is 0. The van der Waals surface area contributed by atoms with Gasteiger partial charge < -0.3 is 14.2 Å². The van der Waals surface area contributed by atoms with Crippen molar-refractivity contribution < 1.29 is 28.6 Å². The summed E-state index contributed by atoms with van der Waals surface area (Å²) in [5.74, 6) is -0.953. The molecule has 0 aromatic carbocycles. The zero-order chi connectivity index (χ0) is 52.9. The molecule has 0 heterocycles. The minimum atomic E-state index is -0.807. The van der Waals surface area contributed by atoms with Gasteiger partial charge in [-0.2, -0.15) is 0 Å². The number of hydrogen-bond acceptors (Lipinski definition) is 6. The van der Waals surface area contributed by atoms with E-state index in [4.69, 9.17) is 14.2 Å². The number of hydrogen-bond donors (Lipinski definition) is 0. The lowest BCUT2D eigenvalue weighted by Gasteiger charge is -2.18. The van der Waals surface area contributed by atoms with Crippen LogP contribution in [-0.4, -0.2) is 37.2 Å². The molecule has 6 heteroatoms. The zero-order valence-electron chi connectivity index (χ0n) is 47.4. The summed E-state index contributed by atoms with van der Waals surface area (Å²) < 4.78 is 16.9. The molecule has 73 heavy (non-hydrogen) atoms. The third kappa shape index (κ3) is 58.6. The van der Waals surface area contributed by atoms with Crippen molar-refractivity contribution >= 4 is 17.9 Å². The number of carbonyl (C=O) groups is 3. The number of allylic oxidation sites excluding steroid dienone is 20. The van der Waals surface area contributed by atoms with Gasteiger partial charge in [-0.05, 0) is 135 Å². The molecule has 1 atom stereocenters. The molecule has 0 spiro atoms. The van der Waals surface area contributed by atoms with Crippen LogP contribution in [0.25, 0.3) is 0 Å². The highest BCUT2D eigenvalue weighted by Gasteiger charge is 2.19. The molecule has 0 aliphatic carbocycles. The molecule has 0 aromatic rings. The Morgan fingerprint density at radius 1 is 0.288 bits per heavy atom. The SMILES string of the molecule is CC/C=C\C/C=C\C/C=C\C/C=C\C/C=C\C/C=C\CCCCCCC(=O)OCC(COC(=O)CCCCCCC/C=C\C/C=C\CCCCCC)OC(=O)CCCCCCC/C=C\C/C=C\CCCCCC. The second-order valence-electron chi connectivity index (χ2n) is 19.5. The van der Waals surface area contributed by atoms with E-state index in [-0.39, 0.29) is 31.1 Å². The second-order valence-corrected chi connectivity index (χ2v) is 19.5. The van der Waals surface area contributed by atoms with Gasteiger partial charge in [0.15, 0.2) is 6.10 Å². The summed E-state index contributed by atoms with van der Waals surface area (Å²) in [7, 11) is 0. The minimum Gasteiger partial charge on any atom is -0.462 e. The maximum absolute atomic E-state index is 12.9. The van der Waals surface area contributed by atoms with Gasteiger partial charge in [0.2, 0.25) is 0 Å². The van der Waals surface area contributed by atoms with Gasteiger partial charge >= 0.3 is 17.9 Å². The highest BCUT2D eigenvalue weighted by molar-refractivity contribution is 5.71. The Morgan fingerprint density at radius 2 is 0.534 bits per heavy atom. The average Bonchev–Trinajstić information content (AvgIpc) is 3.39. The molecule has 414 valence electrons. The molecular formula is C67H110O6. The van der Waals surface area contributed by atoms with Crippen LogP contribution in [0.5, 0.6) is 0 Å². The first-order valence-corrected chi connectivity index (χ1v) is 30.0. The van der Waals surface area contributed by atoms with Crippen molar-refractivity contribution in [2.75, 3.05) is 13.2 Å². The Labute approximate surface area is 450 Å². The van der Waals surface area contributed by atoms with Gasteiger partial charge in [0.1, 0.15) is 13.2 Å². The molecule has 0 bridgehead atoms. The van der Waals surface area contributed by atoms with E-state index >= 15 is 0 Å². The molecule has 6 nitrogen and oxygen atoms in total. The molecule has 0 N–H and O–H groups in total. The van der Waals surface area contributed by atoms with Gasteiger partial charge in [0.25, 0.3) is 0 Å². The Balaban J connectivity index is 4.48. The molecular weight excluding hydrogens is 901 g/mol. The van der Waals surface area contributed by atoms with Gasteiger partial charge in [-0.15, -0.1) is 0 Å². The van der Waals surface area contributed by atoms with Crippen molar-refractivity contribution in [2.24, 2.45) is 0 Å². The first-order chi connectivity index (χ1) is 36.0. The second kappa shape index (κ2) is 60.4. The third-order valence-electron chi connectivity index (χ3n) is 12.4. The first-order valence-electron chi connectivity index (χ1n) is 30.0. The fraction of sp³-hybridized carbons (Fsp3) is 0.657. The molecule has 0 rings (SSSR count). The molecule has 0 fully saturated rings. The van der Waals surface area contributed by atoms with Crippen LogP contribution >= 0.6 is 0 Å². The Hall–Kier alpha value is -4.19. The monoisotopic (exact) mass is 1010 g/mol. The van der Waals surface area contributed by atoms with Crippen LogP contribution in [-0.2, 0) is 28.6 Å². The maximum atomic E-state index is 12.9. The number of ether oxygens (including phenoxy) is 3. The molecule has 0 radical (unpaired) electrons. The molecule has 0 saturated heterocycles. The van der Waals surface area contributed by atoms with E-state index in [1.54, 1.807) is 0 Å². The predicted molar refractivity (Wildman–Crippen MR) is 316 cm³/mol. The van der Waals surface area contributed by atoms with E-state index < -0.39 is 6.10 Å². The van der Waals surface area contributed by atoms with Gasteiger partial charge in [0, 0.05) is 19.3 Å². The van der Waals surface area contributed by atoms with Crippen molar-refractivity contribution in [3.8, 4) is 0 Å². The van der Waals surface area contributed by atoms with E-state index in [0.717, 1.165) is 161 Å². The van der Waals surface area contributed by atoms with E-state index in [2.05, 4.69) is 142 Å². The van der Waals surface area contributed by atoms with Crippen molar-refractivity contribution in [1.29, 1.82) is 0 Å². The van der Waals surface area contributed by atoms with Crippen LogP contribution in [0.15, 0.2) is 122 Å². The molecule has 0 aromatic heterocycles. The summed E-state index contributed by atoms with van der Waals surface area (Å²) in [6, 6.07) is 0. The Bertz CT molecular complexity index is 1540. The molecule has 0 aliphatic rings. The first kappa shape index (κ1) is 68.8. The summed E-state index contributed by atoms with van der Waals surface area (Å²) in [4.78, 5) is 38.2. The Morgan fingerprint density at radius 3 is 0.836 bits per heavy atom. The lowest BCUT2D eigenvalue weighted by molar-refractivity contribution is -0.167. The van der Waals surface area contributed by atoms with Gasteiger partial charge in [0.05, 0.1) is 0 Å². The highest BCUT2D eigenvalue weighted by Crippen LogP contribution is 2.13. The lowest BCUT2D eigenvalue weighted by Crippen LogP contribution is -2.30. The van der Waals surface area contributed by atoms with Crippen LogP contribution < -0.4 is 0 Å². The van der Waals surface area contributed by atoms with Crippen LogP contribution in [0.1, 0.15) is 265 Å². The molecule has 0 saturated carbocycles. The quantitative estimate of drug-likeness (QED) is 0.0261. The summed E-state index contributed by atoms with van der Waals surface area (Å²) in [6.07, 6.45) is 83.3. The smallest absolute Gasteiger partial charge is 0.306 e. The van der Waals surface area contributed by atoms with Crippen LogP contribution in [0.2, 0.25) is 0 Å². The van der Waals surface area contributed by atoms with Crippen LogP contribution in [0.3, 0.4) is 0 Å². The maximum Gasteiger partial charge on any atom is 0.306 e. The number of esters is 3. The van der Waals surface area contributed by atoms with Crippen molar-refractivity contribution in [2.45, 2.75) is 271 Å². The van der Waals surface area contributed by atoms with Crippen molar-refractivity contribution in [1.82, 2.24) is 0 Å². The third-order valence-corrected chi connectivity index (χ3v) is 12.4. The van der Waals surface area contributed by atoms with Gasteiger partial charge in [-0.25, -0.2) is 0 Å². The molecule has 1 unspecified atom stereocenters. The zero-order valence-corrected chi connectivity index (χ0v) is 47.4. The Kier molecular flexibility index (Phi) is 56.9. The standard InChI is InChI=1S/C67H110O6/c1-4-7-10-13-16-19-22-25-28-31-32-33-34-35-36-37-40-42-45-48-51-54-57-60-66(69)72-63-64(73-67(70)61-58-55-52-49-46-43-39-30-27-24-21-18-15-12-9-6-3)62-71-65(68)59-56-53-50-47-44-41-38-29-26-23-20-17-14-11-8-5-2/h7,10,16,19-21,23-25,28-30,32-33,35-36,38-40,42,64H,4-6,8-9,11-15,17-18,22,26-27,31,34,37,41,43-63H2,1-3H3/b10-7-,19-16-,23-20-,24-21-,28-25-,33-32-,36-35-,38-29-,39-30-,42-40-. The van der Waals surface area contributed by atoms with Gasteiger partial charge in [-0.1, -0.05) is 232 Å². The van der Waals surface area contributed by atoms with E-state index in [1.807, 2.05) is 0 Å². The number of unbranched alkanes of at least 4 members (excludes halogenated alkanes) is 22. The fourth-order valence-electron chi connectivity index (χ4n) is 7.92. The number of rotatable bonds is 53. The average molecular weight is 1010 g/mol. The lowest BCUT2D eigenvalue weighted by atomic mass is 10.1. The summed E-state index contributed by atoms with van der Waals surface area (Å²) in [5, 5.41) is 0. The topological polar surface area (TPSA) is 78.9 Å². The van der Waals surface area contributed by atoms with Crippen LogP contribution in [0.4, 0.5) is 0 Å². The van der Waals surface area contributed by atoms with Crippen molar-refractivity contribution in [3.63, 3.8) is 0 Å². The van der Waals surface area contributed by atoms with E-state index in [0.29, 0.717) is 19.3 Å². The van der Waals surface area contributed by atoms with Crippen LogP contribution in [0, 0.1) is 0 Å². The summed E-state index contributed by atoms with van der Waals surface area (Å²) in [6.45, 7) is 6.45. The van der Waals surface area contributed by atoms with E-state index in [1.165, 1.54) is 64.2 Å². The normalized spacial score (nSPS) is 13.0. The largest absolute Gasteiger partial charge is 0.462 e. The number of carbonyl (C=O) groups excluding carboxylic acids is 3. The minimum absolute atomic E-state index is 0.102. The highest BCUT2D eigenvalue weighted by atomic mass is 16.6. The van der Waals surface area contributed by atoms with Gasteiger partial charge in [-0.3, -0.25) is 14.4 Å². The fourth-order valence-corrected chi connectivity index (χ4v) is 7.92. The van der Waals surface area contributed by atoms with Crippen molar-refractivity contribution in [3.05, 3.63) is 122 Å². The summed E-state index contributed by atoms with van der Waals surface area (Å²) in [5.41, 5.74) is 0. The predicted octanol–water partition coefficient (Wildman–Crippen LogP) is 20.4. The molecule has 0 amide bonds. The van der Waals surface area contributed by atoms with E-state index in [9.17, 15) is 14.4 Å². The molecule has 0 aliphatic heterocycles.